The largest absolute Gasteiger partial charge is 0.760 e. The van der Waals surface area contributed by atoms with Crippen molar-refractivity contribution in [2.24, 2.45) is 0 Å². The van der Waals surface area contributed by atoms with Crippen molar-refractivity contribution in [3.8, 4) is 0 Å². The van der Waals surface area contributed by atoms with Crippen LogP contribution in [0.3, 0.4) is 0 Å². The second-order valence-electron chi connectivity index (χ2n) is 3.99. The van der Waals surface area contributed by atoms with E-state index in [1.165, 1.54) is 6.07 Å². The van der Waals surface area contributed by atoms with E-state index in [4.69, 9.17) is 4.74 Å². The van der Waals surface area contributed by atoms with E-state index in [-0.39, 0.29) is 6.54 Å². The Bertz CT molecular complexity index is 438. The monoisotopic (exact) mass is 273 g/mol. The Morgan fingerprint density at radius 3 is 3.00 bits per heavy atom. The molecule has 1 N–H and O–H groups in total. The fraction of sp³-hybridized carbons (Fsp3) is 0.455. The second kappa shape index (κ2) is 6.24. The van der Waals surface area contributed by atoms with Gasteiger partial charge in [-0.3, -0.25) is 4.21 Å². The standard InChI is InChI=1S/C11H15FN2O3S/c12-11-6-10(14-4-1-5-17-8-14)3-2-9(11)7-13-18(15)16/h2-3,6,13H,1,4-5,7-8H2,(H,15,16)/p-1. The van der Waals surface area contributed by atoms with Crippen molar-refractivity contribution in [1.82, 2.24) is 4.72 Å². The molecule has 100 valence electrons. The average Bonchev–Trinajstić information content (AvgIpc) is 2.38. The predicted molar refractivity (Wildman–Crippen MR) is 64.9 cm³/mol. The number of benzene rings is 1. The molecular formula is C11H14FN2O3S-. The Morgan fingerprint density at radius 1 is 1.56 bits per heavy atom. The SMILES string of the molecule is O=S([O-])NCc1ccc(N2CCCOC2)cc1F. The first-order valence-electron chi connectivity index (χ1n) is 5.60. The van der Waals surface area contributed by atoms with Gasteiger partial charge < -0.3 is 14.2 Å². The summed E-state index contributed by atoms with van der Waals surface area (Å²) in [5, 5.41) is 0. The molecule has 1 aliphatic heterocycles. The lowest BCUT2D eigenvalue weighted by atomic mass is 10.2. The molecule has 1 unspecified atom stereocenters. The lowest BCUT2D eigenvalue weighted by Gasteiger charge is -2.28. The van der Waals surface area contributed by atoms with Crippen LogP contribution in [0.2, 0.25) is 0 Å². The molecule has 0 radical (unpaired) electrons. The first-order valence-corrected chi connectivity index (χ1v) is 6.68. The van der Waals surface area contributed by atoms with Gasteiger partial charge in [0.05, 0.1) is 6.61 Å². The third kappa shape index (κ3) is 3.49. The molecule has 0 aromatic heterocycles. The maximum Gasteiger partial charge on any atom is 0.129 e. The van der Waals surface area contributed by atoms with Gasteiger partial charge in [0.15, 0.2) is 0 Å². The van der Waals surface area contributed by atoms with Gasteiger partial charge in [0.25, 0.3) is 0 Å². The number of nitrogens with zero attached hydrogens (tertiary/aromatic N) is 1. The molecular weight excluding hydrogens is 259 g/mol. The zero-order valence-corrected chi connectivity index (χ0v) is 10.5. The number of anilines is 1. The smallest absolute Gasteiger partial charge is 0.129 e. The molecule has 18 heavy (non-hydrogen) atoms. The van der Waals surface area contributed by atoms with Crippen molar-refractivity contribution in [1.29, 1.82) is 0 Å². The van der Waals surface area contributed by atoms with E-state index in [0.29, 0.717) is 12.3 Å². The summed E-state index contributed by atoms with van der Waals surface area (Å²) < 4.78 is 41.9. The summed E-state index contributed by atoms with van der Waals surface area (Å²) in [4.78, 5) is 1.94. The van der Waals surface area contributed by atoms with Gasteiger partial charge in [-0.25, -0.2) is 9.11 Å². The number of ether oxygens (including phenoxy) is 1. The highest BCUT2D eigenvalue weighted by Gasteiger charge is 2.13. The molecule has 1 fully saturated rings. The minimum Gasteiger partial charge on any atom is -0.760 e. The van der Waals surface area contributed by atoms with E-state index >= 15 is 0 Å². The van der Waals surface area contributed by atoms with Crippen LogP contribution in [0.1, 0.15) is 12.0 Å². The van der Waals surface area contributed by atoms with Crippen molar-refractivity contribution in [3.05, 3.63) is 29.6 Å². The summed E-state index contributed by atoms with van der Waals surface area (Å²) in [6, 6.07) is 4.75. The molecule has 0 saturated carbocycles. The Kier molecular flexibility index (Phi) is 4.65. The first kappa shape index (κ1) is 13.4. The van der Waals surface area contributed by atoms with Crippen molar-refractivity contribution in [2.45, 2.75) is 13.0 Å². The molecule has 1 heterocycles. The molecule has 2 rings (SSSR count). The summed E-state index contributed by atoms with van der Waals surface area (Å²) >= 11 is -2.38. The van der Waals surface area contributed by atoms with Crippen LogP contribution in [0.4, 0.5) is 10.1 Å². The molecule has 1 aromatic carbocycles. The van der Waals surface area contributed by atoms with Crippen LogP contribution in [0.25, 0.3) is 0 Å². The van der Waals surface area contributed by atoms with E-state index < -0.39 is 17.1 Å². The van der Waals surface area contributed by atoms with E-state index in [1.54, 1.807) is 12.1 Å². The zero-order valence-electron chi connectivity index (χ0n) is 9.73. The molecule has 7 heteroatoms. The Balaban J connectivity index is 2.06. The Hall–Kier alpha value is -1.02. The number of halogens is 1. The van der Waals surface area contributed by atoms with Crippen LogP contribution in [0, 0.1) is 5.82 Å². The number of rotatable bonds is 4. The molecule has 0 bridgehead atoms. The van der Waals surface area contributed by atoms with Gasteiger partial charge in [-0.15, -0.1) is 0 Å². The third-order valence-corrected chi connectivity index (χ3v) is 3.13. The van der Waals surface area contributed by atoms with Crippen LogP contribution in [-0.2, 0) is 22.5 Å². The minimum absolute atomic E-state index is 0.0429. The first-order chi connectivity index (χ1) is 8.66. The average molecular weight is 273 g/mol. The summed E-state index contributed by atoms with van der Waals surface area (Å²) in [6.45, 7) is 1.98. The van der Waals surface area contributed by atoms with Gasteiger partial charge in [-0.05, 0) is 18.6 Å². The minimum atomic E-state index is -2.38. The van der Waals surface area contributed by atoms with E-state index in [2.05, 4.69) is 4.72 Å². The normalized spacial score (nSPS) is 17.8. The third-order valence-electron chi connectivity index (χ3n) is 2.75. The van der Waals surface area contributed by atoms with Gasteiger partial charge in [0, 0.05) is 35.6 Å². The lowest BCUT2D eigenvalue weighted by molar-refractivity contribution is 0.107. The predicted octanol–water partition coefficient (Wildman–Crippen LogP) is 0.894. The van der Waals surface area contributed by atoms with Crippen molar-refractivity contribution in [2.75, 3.05) is 24.8 Å². The molecule has 0 spiro atoms. The zero-order chi connectivity index (χ0) is 13.0. The topological polar surface area (TPSA) is 64.6 Å². The highest BCUT2D eigenvalue weighted by atomic mass is 32.2. The fourth-order valence-electron chi connectivity index (χ4n) is 1.81. The Morgan fingerprint density at radius 2 is 2.39 bits per heavy atom. The lowest BCUT2D eigenvalue weighted by Crippen LogP contribution is -2.33. The number of hydrogen-bond donors (Lipinski definition) is 1. The van der Waals surface area contributed by atoms with Crippen molar-refractivity contribution in [3.63, 3.8) is 0 Å². The number of nitrogens with one attached hydrogen (secondary N) is 1. The summed E-state index contributed by atoms with van der Waals surface area (Å²) in [5.74, 6) is -0.420. The van der Waals surface area contributed by atoms with Gasteiger partial charge in [-0.1, -0.05) is 6.07 Å². The van der Waals surface area contributed by atoms with Crippen LogP contribution >= 0.6 is 0 Å². The van der Waals surface area contributed by atoms with Crippen LogP contribution in [0.15, 0.2) is 18.2 Å². The fourth-order valence-corrected chi connectivity index (χ4v) is 2.09. The molecule has 1 aromatic rings. The highest BCUT2D eigenvalue weighted by molar-refractivity contribution is 7.77. The maximum atomic E-state index is 13.7. The molecule has 1 saturated heterocycles. The molecule has 1 aliphatic rings. The van der Waals surface area contributed by atoms with Gasteiger partial charge in [0.1, 0.15) is 12.5 Å². The molecule has 1 atom stereocenters. The quantitative estimate of drug-likeness (QED) is 0.828. The second-order valence-corrected chi connectivity index (χ2v) is 4.74. The molecule has 5 nitrogen and oxygen atoms in total. The van der Waals surface area contributed by atoms with Crippen LogP contribution in [0.5, 0.6) is 0 Å². The van der Waals surface area contributed by atoms with Gasteiger partial charge in [0.2, 0.25) is 0 Å². The highest BCUT2D eigenvalue weighted by Crippen LogP contribution is 2.20. The van der Waals surface area contributed by atoms with Crippen molar-refractivity contribution < 1.29 is 17.9 Å². The molecule has 0 amide bonds. The van der Waals surface area contributed by atoms with Crippen LogP contribution in [-0.4, -0.2) is 28.6 Å². The van der Waals surface area contributed by atoms with Crippen LogP contribution < -0.4 is 9.62 Å². The number of hydrogen-bond acceptors (Lipinski definition) is 4. The van der Waals surface area contributed by atoms with E-state index in [1.807, 2.05) is 4.90 Å². The van der Waals surface area contributed by atoms with Gasteiger partial charge in [-0.2, -0.15) is 0 Å². The van der Waals surface area contributed by atoms with E-state index in [0.717, 1.165) is 25.3 Å². The van der Waals surface area contributed by atoms with E-state index in [9.17, 15) is 13.2 Å². The summed E-state index contributed by atoms with van der Waals surface area (Å²) in [5.41, 5.74) is 1.07. The summed E-state index contributed by atoms with van der Waals surface area (Å²) in [7, 11) is 0. The maximum absolute atomic E-state index is 13.7. The summed E-state index contributed by atoms with van der Waals surface area (Å²) in [6.07, 6.45) is 0.917. The Labute approximate surface area is 107 Å². The van der Waals surface area contributed by atoms with Crippen molar-refractivity contribution >= 4 is 17.0 Å². The molecule has 0 aliphatic carbocycles. The van der Waals surface area contributed by atoms with Gasteiger partial charge >= 0.3 is 0 Å².